The van der Waals surface area contributed by atoms with E-state index in [0.717, 1.165) is 36.2 Å². The Hall–Kier alpha value is -2.04. The van der Waals surface area contributed by atoms with Crippen molar-refractivity contribution in [2.45, 2.75) is 38.7 Å². The number of aliphatic hydroxyl groups excluding tert-OH is 1. The number of fused-ring (bicyclic) bond motifs is 1. The lowest BCUT2D eigenvalue weighted by molar-refractivity contribution is -0.116. The third kappa shape index (κ3) is 3.74. The predicted octanol–water partition coefficient (Wildman–Crippen LogP) is 3.11. The molecule has 6 nitrogen and oxygen atoms in total. The monoisotopic (exact) mass is 288 g/mol. The summed E-state index contributed by atoms with van der Waals surface area (Å²) in [7, 11) is 0. The second-order valence-corrected chi connectivity index (χ2v) is 5.27. The zero-order chi connectivity index (χ0) is 15.2. The van der Waals surface area contributed by atoms with Crippen molar-refractivity contribution < 1.29 is 9.90 Å². The van der Waals surface area contributed by atoms with Gasteiger partial charge in [0.15, 0.2) is 0 Å². The molecule has 0 fully saturated rings. The average molecular weight is 288 g/mol. The standard InChI is InChI=1S/C15H20N4O2/c1-11(20)19-9-3-4-12-10-13(6-7-14(12)19)15(21)5-2-8-17-18-16/h6-7,10,15,21H,2-5,8-9H2,1H3. The number of carbonyl (C=O) groups excluding carboxylic acids is 1. The fraction of sp³-hybridized carbons (Fsp3) is 0.533. The summed E-state index contributed by atoms with van der Waals surface area (Å²) in [6.45, 7) is 2.74. The summed E-state index contributed by atoms with van der Waals surface area (Å²) in [6.07, 6.45) is 2.54. The van der Waals surface area contributed by atoms with E-state index in [2.05, 4.69) is 10.0 Å². The van der Waals surface area contributed by atoms with Crippen molar-refractivity contribution in [1.29, 1.82) is 0 Å². The highest BCUT2D eigenvalue weighted by atomic mass is 16.3. The number of aliphatic hydroxyl groups is 1. The van der Waals surface area contributed by atoms with Crippen LogP contribution in [0.15, 0.2) is 23.3 Å². The highest BCUT2D eigenvalue weighted by molar-refractivity contribution is 5.92. The highest BCUT2D eigenvalue weighted by Gasteiger charge is 2.21. The van der Waals surface area contributed by atoms with E-state index in [4.69, 9.17) is 5.53 Å². The molecule has 6 heteroatoms. The lowest BCUT2D eigenvalue weighted by atomic mass is 9.96. The molecule has 1 aromatic carbocycles. The van der Waals surface area contributed by atoms with Crippen LogP contribution < -0.4 is 4.90 Å². The zero-order valence-electron chi connectivity index (χ0n) is 12.2. The molecule has 0 radical (unpaired) electrons. The van der Waals surface area contributed by atoms with Gasteiger partial charge in [0.1, 0.15) is 0 Å². The molecule has 1 unspecified atom stereocenters. The lowest BCUT2D eigenvalue weighted by Gasteiger charge is -2.29. The summed E-state index contributed by atoms with van der Waals surface area (Å²) in [6, 6.07) is 5.78. The summed E-state index contributed by atoms with van der Waals surface area (Å²) in [4.78, 5) is 16.1. The molecular weight excluding hydrogens is 268 g/mol. The van der Waals surface area contributed by atoms with Crippen LogP contribution >= 0.6 is 0 Å². The van der Waals surface area contributed by atoms with Crippen molar-refractivity contribution in [3.63, 3.8) is 0 Å². The minimum Gasteiger partial charge on any atom is -0.388 e. The second kappa shape index (κ2) is 7.11. The molecule has 0 aromatic heterocycles. The highest BCUT2D eigenvalue weighted by Crippen LogP contribution is 2.30. The van der Waals surface area contributed by atoms with E-state index >= 15 is 0 Å². The molecule has 112 valence electrons. The average Bonchev–Trinajstić information content (AvgIpc) is 2.50. The van der Waals surface area contributed by atoms with Gasteiger partial charge in [0.05, 0.1) is 6.10 Å². The van der Waals surface area contributed by atoms with E-state index in [1.807, 2.05) is 18.2 Å². The van der Waals surface area contributed by atoms with Gasteiger partial charge in [-0.15, -0.1) is 0 Å². The molecule has 2 rings (SSSR count). The van der Waals surface area contributed by atoms with Gasteiger partial charge in [0, 0.05) is 30.6 Å². The van der Waals surface area contributed by atoms with Crippen LogP contribution in [0, 0.1) is 0 Å². The number of aryl methyl sites for hydroxylation is 1. The first-order valence-electron chi connectivity index (χ1n) is 7.23. The summed E-state index contributed by atoms with van der Waals surface area (Å²) in [5.74, 6) is 0.0543. The van der Waals surface area contributed by atoms with Gasteiger partial charge < -0.3 is 10.0 Å². The van der Waals surface area contributed by atoms with Crippen LogP contribution in [-0.2, 0) is 11.2 Å². The smallest absolute Gasteiger partial charge is 0.223 e. The van der Waals surface area contributed by atoms with Gasteiger partial charge in [-0.05, 0) is 48.4 Å². The maximum absolute atomic E-state index is 11.6. The van der Waals surface area contributed by atoms with Crippen molar-refractivity contribution >= 4 is 11.6 Å². The maximum atomic E-state index is 11.6. The number of carbonyl (C=O) groups is 1. The molecule has 1 amide bonds. The molecule has 1 heterocycles. The molecule has 1 atom stereocenters. The Balaban J connectivity index is 2.09. The van der Waals surface area contributed by atoms with Gasteiger partial charge in [-0.25, -0.2) is 0 Å². The Morgan fingerprint density at radius 1 is 1.57 bits per heavy atom. The van der Waals surface area contributed by atoms with Crippen LogP contribution in [0.2, 0.25) is 0 Å². The summed E-state index contributed by atoms with van der Waals surface area (Å²) in [5, 5.41) is 13.6. The van der Waals surface area contributed by atoms with Crippen LogP contribution in [0.3, 0.4) is 0 Å². The van der Waals surface area contributed by atoms with Crippen molar-refractivity contribution in [3.05, 3.63) is 39.8 Å². The topological polar surface area (TPSA) is 89.3 Å². The van der Waals surface area contributed by atoms with E-state index < -0.39 is 6.10 Å². The molecule has 0 bridgehead atoms. The Morgan fingerprint density at radius 3 is 3.10 bits per heavy atom. The van der Waals surface area contributed by atoms with Crippen molar-refractivity contribution in [2.24, 2.45) is 5.11 Å². The molecular formula is C15H20N4O2. The van der Waals surface area contributed by atoms with Gasteiger partial charge in [-0.1, -0.05) is 17.2 Å². The zero-order valence-corrected chi connectivity index (χ0v) is 12.2. The second-order valence-electron chi connectivity index (χ2n) is 5.27. The van der Waals surface area contributed by atoms with Gasteiger partial charge in [-0.3, -0.25) is 4.79 Å². The largest absolute Gasteiger partial charge is 0.388 e. The number of nitrogens with zero attached hydrogens (tertiary/aromatic N) is 4. The molecule has 0 saturated carbocycles. The van der Waals surface area contributed by atoms with Crippen LogP contribution in [0.1, 0.15) is 43.4 Å². The SMILES string of the molecule is CC(=O)N1CCCc2cc(C(O)CCCN=[N+]=[N-])ccc21. The Kier molecular flexibility index (Phi) is 5.20. The normalized spacial score (nSPS) is 15.0. The molecule has 1 aliphatic rings. The van der Waals surface area contributed by atoms with Crippen molar-refractivity contribution in [2.75, 3.05) is 18.0 Å². The van der Waals surface area contributed by atoms with Gasteiger partial charge in [0.2, 0.25) is 5.91 Å². The minimum absolute atomic E-state index is 0.0543. The Bertz CT molecular complexity index is 567. The molecule has 1 aromatic rings. The predicted molar refractivity (Wildman–Crippen MR) is 81.0 cm³/mol. The number of hydrogen-bond donors (Lipinski definition) is 1. The number of hydrogen-bond acceptors (Lipinski definition) is 3. The number of anilines is 1. The van der Waals surface area contributed by atoms with Crippen molar-refractivity contribution in [1.82, 2.24) is 0 Å². The third-order valence-electron chi connectivity index (χ3n) is 3.79. The number of amides is 1. The number of azide groups is 1. The number of rotatable bonds is 5. The Labute approximate surface area is 124 Å². The minimum atomic E-state index is -0.558. The third-order valence-corrected chi connectivity index (χ3v) is 3.79. The van der Waals surface area contributed by atoms with E-state index in [0.29, 0.717) is 19.4 Å². The first-order chi connectivity index (χ1) is 10.1. The summed E-state index contributed by atoms with van der Waals surface area (Å²) < 4.78 is 0. The summed E-state index contributed by atoms with van der Waals surface area (Å²) in [5.41, 5.74) is 11.1. The van der Waals surface area contributed by atoms with Gasteiger partial charge >= 0.3 is 0 Å². The van der Waals surface area contributed by atoms with E-state index in [1.54, 1.807) is 11.8 Å². The first-order valence-corrected chi connectivity index (χ1v) is 7.23. The quantitative estimate of drug-likeness (QED) is 0.390. The molecule has 0 spiro atoms. The van der Waals surface area contributed by atoms with E-state index in [-0.39, 0.29) is 5.91 Å². The fourth-order valence-electron chi connectivity index (χ4n) is 2.72. The van der Waals surface area contributed by atoms with Crippen molar-refractivity contribution in [3.8, 4) is 0 Å². The fourth-order valence-corrected chi connectivity index (χ4v) is 2.72. The summed E-state index contributed by atoms with van der Waals surface area (Å²) >= 11 is 0. The molecule has 1 aliphatic heterocycles. The molecule has 0 saturated heterocycles. The van der Waals surface area contributed by atoms with Crippen LogP contribution in [-0.4, -0.2) is 24.1 Å². The molecule has 21 heavy (non-hydrogen) atoms. The molecule has 0 aliphatic carbocycles. The lowest BCUT2D eigenvalue weighted by Crippen LogP contribution is -2.33. The van der Waals surface area contributed by atoms with E-state index in [1.165, 1.54) is 0 Å². The van der Waals surface area contributed by atoms with Gasteiger partial charge in [-0.2, -0.15) is 0 Å². The maximum Gasteiger partial charge on any atom is 0.223 e. The number of benzene rings is 1. The van der Waals surface area contributed by atoms with Gasteiger partial charge in [0.25, 0.3) is 0 Å². The Morgan fingerprint density at radius 2 is 2.38 bits per heavy atom. The van der Waals surface area contributed by atoms with Crippen LogP contribution in [0.4, 0.5) is 5.69 Å². The molecule has 1 N–H and O–H groups in total. The van der Waals surface area contributed by atoms with Crippen LogP contribution in [0.25, 0.3) is 10.4 Å². The first kappa shape index (κ1) is 15.4. The van der Waals surface area contributed by atoms with E-state index in [9.17, 15) is 9.90 Å². The van der Waals surface area contributed by atoms with Crippen LogP contribution in [0.5, 0.6) is 0 Å².